The lowest BCUT2D eigenvalue weighted by Crippen LogP contribution is -2.23. The van der Waals surface area contributed by atoms with Crippen molar-refractivity contribution in [2.45, 2.75) is 19.2 Å². The standard InChI is InChI=1S/C18H20F3N5O2/c1-25(2)15-14(11-22-17(24-15)26-9-3-4-10-26)23-16(27)12-5-7-13(8-6-12)28-18(19,20)21/h5-8,11H,3-4,9-10H2,1-2H3,(H,23,27). The smallest absolute Gasteiger partial charge is 0.406 e. The zero-order valence-electron chi connectivity index (χ0n) is 15.5. The van der Waals surface area contributed by atoms with Crippen LogP contribution in [0.3, 0.4) is 0 Å². The van der Waals surface area contributed by atoms with Gasteiger partial charge in [0.05, 0.1) is 6.20 Å². The van der Waals surface area contributed by atoms with Crippen molar-refractivity contribution in [1.29, 1.82) is 0 Å². The van der Waals surface area contributed by atoms with Gasteiger partial charge in [-0.05, 0) is 37.1 Å². The molecule has 0 aliphatic carbocycles. The number of nitrogens with zero attached hydrogens (tertiary/aromatic N) is 4. The molecule has 7 nitrogen and oxygen atoms in total. The Kier molecular flexibility index (Phi) is 5.57. The second kappa shape index (κ2) is 7.91. The van der Waals surface area contributed by atoms with Gasteiger partial charge >= 0.3 is 6.36 Å². The third-order valence-corrected chi connectivity index (χ3v) is 4.17. The Balaban J connectivity index is 1.75. The van der Waals surface area contributed by atoms with E-state index in [-0.39, 0.29) is 5.56 Å². The summed E-state index contributed by atoms with van der Waals surface area (Å²) in [7, 11) is 3.60. The summed E-state index contributed by atoms with van der Waals surface area (Å²) >= 11 is 0. The van der Waals surface area contributed by atoms with Crippen LogP contribution < -0.4 is 19.9 Å². The Morgan fingerprint density at radius 2 is 1.82 bits per heavy atom. The van der Waals surface area contributed by atoms with Crippen molar-refractivity contribution in [3.05, 3.63) is 36.0 Å². The van der Waals surface area contributed by atoms with E-state index in [1.54, 1.807) is 19.0 Å². The van der Waals surface area contributed by atoms with E-state index < -0.39 is 18.0 Å². The highest BCUT2D eigenvalue weighted by atomic mass is 19.4. The molecular formula is C18H20F3N5O2. The van der Waals surface area contributed by atoms with Gasteiger partial charge in [0, 0.05) is 32.7 Å². The van der Waals surface area contributed by atoms with Crippen LogP contribution >= 0.6 is 0 Å². The molecule has 0 saturated carbocycles. The molecule has 1 N–H and O–H groups in total. The number of benzene rings is 1. The van der Waals surface area contributed by atoms with Crippen molar-refractivity contribution in [3.63, 3.8) is 0 Å². The topological polar surface area (TPSA) is 70.6 Å². The maximum atomic E-state index is 12.5. The van der Waals surface area contributed by atoms with Crippen LogP contribution in [0, 0.1) is 0 Å². The van der Waals surface area contributed by atoms with Gasteiger partial charge in [-0.15, -0.1) is 13.2 Å². The molecule has 1 saturated heterocycles. The maximum absolute atomic E-state index is 12.5. The number of amides is 1. The number of anilines is 3. The summed E-state index contributed by atoms with van der Waals surface area (Å²) in [5.41, 5.74) is 0.594. The molecule has 0 atom stereocenters. The van der Waals surface area contributed by atoms with Gasteiger partial charge in [-0.25, -0.2) is 4.98 Å². The van der Waals surface area contributed by atoms with Crippen molar-refractivity contribution in [1.82, 2.24) is 9.97 Å². The Morgan fingerprint density at radius 3 is 2.39 bits per heavy atom. The van der Waals surface area contributed by atoms with Gasteiger partial charge in [0.1, 0.15) is 11.4 Å². The number of hydrogen-bond acceptors (Lipinski definition) is 6. The highest BCUT2D eigenvalue weighted by molar-refractivity contribution is 6.05. The minimum Gasteiger partial charge on any atom is -0.406 e. The minimum atomic E-state index is -4.78. The summed E-state index contributed by atoms with van der Waals surface area (Å²) in [6.07, 6.45) is -1.06. The summed E-state index contributed by atoms with van der Waals surface area (Å²) in [4.78, 5) is 25.2. The number of carbonyl (C=O) groups is 1. The van der Waals surface area contributed by atoms with E-state index in [0.717, 1.165) is 38.1 Å². The predicted molar refractivity (Wildman–Crippen MR) is 98.9 cm³/mol. The van der Waals surface area contributed by atoms with Crippen LogP contribution in [0.15, 0.2) is 30.5 Å². The fourth-order valence-corrected chi connectivity index (χ4v) is 2.86. The molecule has 2 heterocycles. The molecule has 0 bridgehead atoms. The van der Waals surface area contributed by atoms with Crippen LogP contribution in [0.4, 0.5) is 30.6 Å². The normalized spacial score (nSPS) is 14.1. The van der Waals surface area contributed by atoms with Gasteiger partial charge < -0.3 is 19.9 Å². The number of hydrogen-bond donors (Lipinski definition) is 1. The first-order valence-electron chi connectivity index (χ1n) is 8.69. The van der Waals surface area contributed by atoms with Crippen LogP contribution in [0.2, 0.25) is 0 Å². The molecule has 1 fully saturated rings. The van der Waals surface area contributed by atoms with E-state index >= 15 is 0 Å². The zero-order chi connectivity index (χ0) is 20.3. The van der Waals surface area contributed by atoms with Crippen LogP contribution in [-0.2, 0) is 0 Å². The van der Waals surface area contributed by atoms with E-state index in [2.05, 4.69) is 24.9 Å². The maximum Gasteiger partial charge on any atom is 0.573 e. The summed E-state index contributed by atoms with van der Waals surface area (Å²) in [5, 5.41) is 2.71. The monoisotopic (exact) mass is 395 g/mol. The van der Waals surface area contributed by atoms with Crippen molar-refractivity contribution < 1.29 is 22.7 Å². The van der Waals surface area contributed by atoms with Crippen molar-refractivity contribution in [2.24, 2.45) is 0 Å². The van der Waals surface area contributed by atoms with Gasteiger partial charge in [-0.3, -0.25) is 4.79 Å². The lowest BCUT2D eigenvalue weighted by atomic mass is 10.2. The highest BCUT2D eigenvalue weighted by Gasteiger charge is 2.31. The Labute approximate surface area is 160 Å². The lowest BCUT2D eigenvalue weighted by Gasteiger charge is -2.21. The van der Waals surface area contributed by atoms with E-state index in [9.17, 15) is 18.0 Å². The minimum absolute atomic E-state index is 0.183. The number of alkyl halides is 3. The zero-order valence-corrected chi connectivity index (χ0v) is 15.5. The second-order valence-corrected chi connectivity index (χ2v) is 6.52. The number of aromatic nitrogens is 2. The summed E-state index contributed by atoms with van der Waals surface area (Å²) in [5.74, 6) is 0.269. The molecule has 3 rings (SSSR count). The van der Waals surface area contributed by atoms with Gasteiger partial charge in [-0.1, -0.05) is 0 Å². The average molecular weight is 395 g/mol. The predicted octanol–water partition coefficient (Wildman–Crippen LogP) is 3.29. The third-order valence-electron chi connectivity index (χ3n) is 4.17. The molecule has 0 radical (unpaired) electrons. The van der Waals surface area contributed by atoms with Gasteiger partial charge in [-0.2, -0.15) is 4.98 Å². The van der Waals surface area contributed by atoms with Crippen molar-refractivity contribution >= 4 is 23.4 Å². The van der Waals surface area contributed by atoms with Crippen molar-refractivity contribution in [2.75, 3.05) is 42.3 Å². The first-order chi connectivity index (χ1) is 13.2. The molecule has 1 aliphatic heterocycles. The van der Waals surface area contributed by atoms with Crippen LogP contribution in [0.5, 0.6) is 5.75 Å². The number of halogens is 3. The summed E-state index contributed by atoms with van der Waals surface area (Å²) in [6.45, 7) is 1.79. The highest BCUT2D eigenvalue weighted by Crippen LogP contribution is 2.27. The van der Waals surface area contributed by atoms with Gasteiger partial charge in [0.2, 0.25) is 5.95 Å². The molecule has 1 aromatic heterocycles. The molecule has 28 heavy (non-hydrogen) atoms. The van der Waals surface area contributed by atoms with E-state index in [1.807, 2.05) is 0 Å². The molecule has 0 spiro atoms. The number of carbonyl (C=O) groups excluding carboxylic acids is 1. The van der Waals surface area contributed by atoms with Crippen LogP contribution in [0.25, 0.3) is 0 Å². The van der Waals surface area contributed by atoms with Gasteiger partial charge in [0.25, 0.3) is 5.91 Å². The Bertz CT molecular complexity index is 834. The summed E-state index contributed by atoms with van der Waals surface area (Å²) < 4.78 is 40.5. The Morgan fingerprint density at radius 1 is 1.18 bits per heavy atom. The Hall–Kier alpha value is -3.04. The van der Waals surface area contributed by atoms with E-state index in [4.69, 9.17) is 0 Å². The summed E-state index contributed by atoms with van der Waals surface area (Å²) in [6, 6.07) is 4.68. The fraction of sp³-hybridized carbons (Fsp3) is 0.389. The second-order valence-electron chi connectivity index (χ2n) is 6.52. The largest absolute Gasteiger partial charge is 0.573 e. The van der Waals surface area contributed by atoms with Crippen LogP contribution in [0.1, 0.15) is 23.2 Å². The van der Waals surface area contributed by atoms with E-state index in [1.165, 1.54) is 18.3 Å². The van der Waals surface area contributed by atoms with Crippen molar-refractivity contribution in [3.8, 4) is 5.75 Å². The average Bonchev–Trinajstić information content (AvgIpc) is 3.15. The molecular weight excluding hydrogens is 375 g/mol. The molecule has 10 heteroatoms. The molecule has 1 aromatic carbocycles. The number of ether oxygens (including phenoxy) is 1. The quantitative estimate of drug-likeness (QED) is 0.838. The lowest BCUT2D eigenvalue weighted by molar-refractivity contribution is -0.274. The number of nitrogens with one attached hydrogen (secondary N) is 1. The molecule has 1 aliphatic rings. The number of rotatable bonds is 5. The fourth-order valence-electron chi connectivity index (χ4n) is 2.86. The SMILES string of the molecule is CN(C)c1nc(N2CCCC2)ncc1NC(=O)c1ccc(OC(F)(F)F)cc1. The molecule has 150 valence electrons. The molecule has 1 amide bonds. The first-order valence-corrected chi connectivity index (χ1v) is 8.69. The molecule has 2 aromatic rings. The van der Waals surface area contributed by atoms with Gasteiger partial charge in [0.15, 0.2) is 5.82 Å². The third kappa shape index (κ3) is 4.81. The molecule has 0 unspecified atom stereocenters. The van der Waals surface area contributed by atoms with E-state index in [0.29, 0.717) is 17.5 Å². The van der Waals surface area contributed by atoms with Crippen LogP contribution in [-0.4, -0.2) is 49.4 Å². The first kappa shape index (κ1) is 19.7.